The highest BCUT2D eigenvalue weighted by Crippen LogP contribution is 2.33. The van der Waals surface area contributed by atoms with E-state index in [9.17, 15) is 4.79 Å². The SMILES string of the molecule is Cn1nc(C2=CC=C(C(=O)Nc3ccccn3)CC2)c2c(N)nccc21. The second kappa shape index (κ2) is 6.44. The number of carbonyl (C=O) groups excluding carboxylic acids is 1. The molecule has 7 nitrogen and oxygen atoms in total. The van der Waals surface area contributed by atoms with Gasteiger partial charge in [0.15, 0.2) is 0 Å². The van der Waals surface area contributed by atoms with Crippen molar-refractivity contribution in [1.82, 2.24) is 19.7 Å². The summed E-state index contributed by atoms with van der Waals surface area (Å²) in [7, 11) is 1.89. The number of allylic oxidation sites excluding steroid dienone is 3. The van der Waals surface area contributed by atoms with Gasteiger partial charge in [-0.3, -0.25) is 9.48 Å². The molecule has 3 N–H and O–H groups in total. The van der Waals surface area contributed by atoms with E-state index >= 15 is 0 Å². The zero-order valence-electron chi connectivity index (χ0n) is 14.3. The van der Waals surface area contributed by atoms with Crippen molar-refractivity contribution in [3.05, 3.63) is 60.1 Å². The van der Waals surface area contributed by atoms with Crippen molar-refractivity contribution in [1.29, 1.82) is 0 Å². The molecule has 3 aromatic rings. The maximum atomic E-state index is 12.4. The largest absolute Gasteiger partial charge is 0.383 e. The number of nitrogens with zero attached hydrogens (tertiary/aromatic N) is 4. The van der Waals surface area contributed by atoms with Gasteiger partial charge in [-0.15, -0.1) is 0 Å². The molecule has 0 saturated heterocycles. The average Bonchev–Trinajstić information content (AvgIpc) is 3.01. The maximum Gasteiger partial charge on any atom is 0.252 e. The smallest absolute Gasteiger partial charge is 0.252 e. The molecule has 26 heavy (non-hydrogen) atoms. The molecule has 0 unspecified atom stereocenters. The lowest BCUT2D eigenvalue weighted by Gasteiger charge is -2.13. The summed E-state index contributed by atoms with van der Waals surface area (Å²) in [6.45, 7) is 0. The summed E-state index contributed by atoms with van der Waals surface area (Å²) in [5.41, 5.74) is 9.59. The van der Waals surface area contributed by atoms with Crippen LogP contribution in [0.2, 0.25) is 0 Å². The summed E-state index contributed by atoms with van der Waals surface area (Å²) in [5, 5.41) is 8.27. The number of aromatic nitrogens is 4. The Kier molecular flexibility index (Phi) is 3.96. The molecule has 0 aromatic carbocycles. The Bertz CT molecular complexity index is 1050. The highest BCUT2D eigenvalue weighted by atomic mass is 16.1. The highest BCUT2D eigenvalue weighted by molar-refractivity contribution is 6.05. The Morgan fingerprint density at radius 2 is 2.04 bits per heavy atom. The van der Waals surface area contributed by atoms with E-state index in [1.807, 2.05) is 37.4 Å². The predicted octanol–water partition coefficient (Wildman–Crippen LogP) is 2.69. The van der Waals surface area contributed by atoms with Crippen LogP contribution < -0.4 is 11.1 Å². The molecule has 0 aliphatic heterocycles. The first-order chi connectivity index (χ1) is 12.6. The number of rotatable bonds is 3. The second-order valence-electron chi connectivity index (χ2n) is 6.12. The number of aryl methyl sites for hydroxylation is 1. The van der Waals surface area contributed by atoms with Crippen molar-refractivity contribution in [2.75, 3.05) is 11.1 Å². The number of carbonyl (C=O) groups is 1. The summed E-state index contributed by atoms with van der Waals surface area (Å²) in [4.78, 5) is 20.7. The van der Waals surface area contributed by atoms with Crippen molar-refractivity contribution in [2.24, 2.45) is 7.05 Å². The van der Waals surface area contributed by atoms with Gasteiger partial charge in [0.25, 0.3) is 5.91 Å². The summed E-state index contributed by atoms with van der Waals surface area (Å²) in [6.07, 6.45) is 8.44. The molecular weight excluding hydrogens is 328 g/mol. The van der Waals surface area contributed by atoms with E-state index in [0.29, 0.717) is 30.1 Å². The predicted molar refractivity (Wildman–Crippen MR) is 101 cm³/mol. The standard InChI is InChI=1S/C19H18N6O/c1-25-14-9-11-22-18(20)16(14)17(24-25)12-5-7-13(8-6-12)19(26)23-15-4-2-3-10-21-15/h2-5,7,9-11H,6,8H2,1H3,(H2,20,22)(H,21,23,26). The second-order valence-corrected chi connectivity index (χ2v) is 6.12. The first-order valence-electron chi connectivity index (χ1n) is 8.33. The minimum atomic E-state index is -0.133. The number of nitrogens with one attached hydrogen (secondary N) is 1. The minimum Gasteiger partial charge on any atom is -0.383 e. The van der Waals surface area contributed by atoms with Gasteiger partial charge in [0, 0.05) is 25.0 Å². The Balaban J connectivity index is 1.62. The van der Waals surface area contributed by atoms with Crippen molar-refractivity contribution in [3.8, 4) is 0 Å². The molecule has 0 saturated carbocycles. The van der Waals surface area contributed by atoms with Gasteiger partial charge in [0.1, 0.15) is 11.6 Å². The van der Waals surface area contributed by atoms with Crippen molar-refractivity contribution in [2.45, 2.75) is 12.8 Å². The van der Waals surface area contributed by atoms with Crippen molar-refractivity contribution in [3.63, 3.8) is 0 Å². The first-order valence-corrected chi connectivity index (χ1v) is 8.33. The van der Waals surface area contributed by atoms with Crippen LogP contribution in [0.5, 0.6) is 0 Å². The number of anilines is 2. The van der Waals surface area contributed by atoms with E-state index in [1.54, 1.807) is 23.1 Å². The highest BCUT2D eigenvalue weighted by Gasteiger charge is 2.20. The lowest BCUT2D eigenvalue weighted by Crippen LogP contribution is -2.16. The van der Waals surface area contributed by atoms with Crippen LogP contribution in [-0.2, 0) is 11.8 Å². The van der Waals surface area contributed by atoms with Gasteiger partial charge in [0.2, 0.25) is 0 Å². The minimum absolute atomic E-state index is 0.133. The molecule has 1 aliphatic rings. The van der Waals surface area contributed by atoms with Gasteiger partial charge in [-0.05, 0) is 36.6 Å². The third-order valence-corrected chi connectivity index (χ3v) is 4.45. The maximum absolute atomic E-state index is 12.4. The monoisotopic (exact) mass is 346 g/mol. The topological polar surface area (TPSA) is 98.7 Å². The molecule has 1 amide bonds. The molecular formula is C19H18N6O. The summed E-state index contributed by atoms with van der Waals surface area (Å²) < 4.78 is 1.80. The molecule has 0 atom stereocenters. The molecule has 130 valence electrons. The number of nitrogens with two attached hydrogens (primary N) is 1. The van der Waals surface area contributed by atoms with E-state index in [4.69, 9.17) is 5.73 Å². The van der Waals surface area contributed by atoms with Gasteiger partial charge in [0.05, 0.1) is 16.6 Å². The molecule has 0 bridgehead atoms. The van der Waals surface area contributed by atoms with Crippen LogP contribution in [0.1, 0.15) is 18.5 Å². The quantitative estimate of drug-likeness (QED) is 0.760. The molecule has 1 aliphatic carbocycles. The summed E-state index contributed by atoms with van der Waals surface area (Å²) >= 11 is 0. The summed E-state index contributed by atoms with van der Waals surface area (Å²) in [6, 6.07) is 7.30. The van der Waals surface area contributed by atoms with Crippen LogP contribution in [-0.4, -0.2) is 25.7 Å². The molecule has 4 rings (SSSR count). The van der Waals surface area contributed by atoms with Gasteiger partial charge in [-0.25, -0.2) is 9.97 Å². The van der Waals surface area contributed by atoms with E-state index in [0.717, 1.165) is 22.2 Å². The van der Waals surface area contributed by atoms with E-state index < -0.39 is 0 Å². The van der Waals surface area contributed by atoms with E-state index in [1.165, 1.54) is 0 Å². The zero-order valence-corrected chi connectivity index (χ0v) is 14.3. The number of nitrogen functional groups attached to an aromatic ring is 1. The fourth-order valence-corrected chi connectivity index (χ4v) is 3.12. The number of hydrogen-bond acceptors (Lipinski definition) is 5. The third-order valence-electron chi connectivity index (χ3n) is 4.45. The van der Waals surface area contributed by atoms with Crippen LogP contribution in [0.15, 0.2) is 54.4 Å². The van der Waals surface area contributed by atoms with Gasteiger partial charge >= 0.3 is 0 Å². The van der Waals surface area contributed by atoms with Crippen molar-refractivity contribution >= 4 is 34.0 Å². The van der Waals surface area contributed by atoms with Crippen LogP contribution in [0.4, 0.5) is 11.6 Å². The Morgan fingerprint density at radius 1 is 1.15 bits per heavy atom. The summed E-state index contributed by atoms with van der Waals surface area (Å²) in [5.74, 6) is 0.878. The number of fused-ring (bicyclic) bond motifs is 1. The van der Waals surface area contributed by atoms with Gasteiger partial charge < -0.3 is 11.1 Å². The fraction of sp³-hybridized carbons (Fsp3) is 0.158. The molecule has 0 fully saturated rings. The first kappa shape index (κ1) is 16.0. The van der Waals surface area contributed by atoms with Crippen molar-refractivity contribution < 1.29 is 4.79 Å². The number of pyridine rings is 2. The number of hydrogen-bond donors (Lipinski definition) is 2. The molecule has 7 heteroatoms. The Morgan fingerprint density at radius 3 is 2.77 bits per heavy atom. The molecule has 3 aromatic heterocycles. The van der Waals surface area contributed by atoms with Gasteiger partial charge in [-0.2, -0.15) is 5.10 Å². The zero-order chi connectivity index (χ0) is 18.1. The lowest BCUT2D eigenvalue weighted by molar-refractivity contribution is -0.113. The van der Waals surface area contributed by atoms with Crippen LogP contribution in [0.3, 0.4) is 0 Å². The Hall–Kier alpha value is -3.48. The van der Waals surface area contributed by atoms with E-state index in [-0.39, 0.29) is 5.91 Å². The molecule has 3 heterocycles. The Labute approximate surface area is 150 Å². The van der Waals surface area contributed by atoms with Crippen LogP contribution in [0.25, 0.3) is 16.5 Å². The van der Waals surface area contributed by atoms with Gasteiger partial charge in [-0.1, -0.05) is 18.2 Å². The van der Waals surface area contributed by atoms with Crippen LogP contribution >= 0.6 is 0 Å². The van der Waals surface area contributed by atoms with Crippen LogP contribution in [0, 0.1) is 0 Å². The third kappa shape index (κ3) is 2.83. The molecule has 0 radical (unpaired) electrons. The molecule has 0 spiro atoms. The lowest BCUT2D eigenvalue weighted by atomic mass is 9.94. The van der Waals surface area contributed by atoms with E-state index in [2.05, 4.69) is 20.4 Å². The normalized spacial score (nSPS) is 14.0. The average molecular weight is 346 g/mol. The number of amides is 1. The fourth-order valence-electron chi connectivity index (χ4n) is 3.12.